The molecule has 0 amide bonds. The van der Waals surface area contributed by atoms with E-state index in [2.05, 4.69) is 12.2 Å². The first-order valence-corrected chi connectivity index (χ1v) is 6.75. The SMILES string of the molecule is CCCCCCCCCCC(O)C(O)NC. The number of rotatable bonds is 11. The second kappa shape index (κ2) is 11.4. The topological polar surface area (TPSA) is 52.5 Å². The number of aliphatic hydroxyl groups excluding tert-OH is 2. The molecular weight excluding hydrogens is 202 g/mol. The Kier molecular flexibility index (Phi) is 11.3. The van der Waals surface area contributed by atoms with Crippen LogP contribution in [-0.2, 0) is 0 Å². The molecule has 0 rings (SSSR count). The molecule has 3 heteroatoms. The summed E-state index contributed by atoms with van der Waals surface area (Å²) in [6.45, 7) is 2.23. The fourth-order valence-corrected chi connectivity index (χ4v) is 1.84. The highest BCUT2D eigenvalue weighted by Crippen LogP contribution is 2.11. The van der Waals surface area contributed by atoms with Gasteiger partial charge in [-0.3, -0.25) is 5.32 Å². The van der Waals surface area contributed by atoms with Gasteiger partial charge < -0.3 is 10.2 Å². The van der Waals surface area contributed by atoms with Gasteiger partial charge in [-0.05, 0) is 13.5 Å². The smallest absolute Gasteiger partial charge is 0.130 e. The molecule has 0 fully saturated rings. The molecule has 0 saturated heterocycles. The predicted molar refractivity (Wildman–Crippen MR) is 68.3 cm³/mol. The summed E-state index contributed by atoms with van der Waals surface area (Å²) in [5.74, 6) is 0. The Hall–Kier alpha value is -0.120. The van der Waals surface area contributed by atoms with Crippen molar-refractivity contribution in [2.45, 2.75) is 77.0 Å². The summed E-state index contributed by atoms with van der Waals surface area (Å²) in [6, 6.07) is 0. The molecule has 0 aromatic carbocycles. The molecule has 0 radical (unpaired) electrons. The third-order valence-electron chi connectivity index (χ3n) is 3.01. The van der Waals surface area contributed by atoms with Crippen LogP contribution < -0.4 is 5.32 Å². The Morgan fingerprint density at radius 3 is 1.88 bits per heavy atom. The number of hydrogen-bond donors (Lipinski definition) is 3. The molecule has 3 nitrogen and oxygen atoms in total. The minimum atomic E-state index is -0.774. The standard InChI is InChI=1S/C13H29NO2/c1-3-4-5-6-7-8-9-10-11-12(15)13(16)14-2/h12-16H,3-11H2,1-2H3. The van der Waals surface area contributed by atoms with Crippen molar-refractivity contribution in [3.63, 3.8) is 0 Å². The van der Waals surface area contributed by atoms with Crippen LogP contribution in [0.15, 0.2) is 0 Å². The van der Waals surface area contributed by atoms with Crippen LogP contribution in [0, 0.1) is 0 Å². The lowest BCUT2D eigenvalue weighted by atomic mass is 10.1. The van der Waals surface area contributed by atoms with Crippen LogP contribution in [0.1, 0.15) is 64.7 Å². The van der Waals surface area contributed by atoms with Crippen molar-refractivity contribution in [2.75, 3.05) is 7.05 Å². The Balaban J connectivity index is 3.14. The summed E-state index contributed by atoms with van der Waals surface area (Å²) in [5.41, 5.74) is 0. The summed E-state index contributed by atoms with van der Waals surface area (Å²) < 4.78 is 0. The molecule has 98 valence electrons. The highest BCUT2D eigenvalue weighted by atomic mass is 16.3. The molecular formula is C13H29NO2. The molecule has 0 aromatic heterocycles. The fraction of sp³-hybridized carbons (Fsp3) is 1.00. The Labute approximate surface area is 100 Å². The first-order valence-electron chi connectivity index (χ1n) is 6.75. The molecule has 0 aromatic rings. The molecule has 0 saturated carbocycles. The van der Waals surface area contributed by atoms with Crippen molar-refractivity contribution in [3.05, 3.63) is 0 Å². The van der Waals surface area contributed by atoms with Gasteiger partial charge in [0.15, 0.2) is 0 Å². The van der Waals surface area contributed by atoms with Crippen molar-refractivity contribution in [2.24, 2.45) is 0 Å². The van der Waals surface area contributed by atoms with E-state index in [0.29, 0.717) is 6.42 Å². The molecule has 16 heavy (non-hydrogen) atoms. The van der Waals surface area contributed by atoms with Gasteiger partial charge >= 0.3 is 0 Å². The van der Waals surface area contributed by atoms with Crippen LogP contribution in [0.3, 0.4) is 0 Å². The summed E-state index contributed by atoms with van der Waals surface area (Å²) in [6.07, 6.45) is 9.39. The Morgan fingerprint density at radius 2 is 1.38 bits per heavy atom. The summed E-state index contributed by atoms with van der Waals surface area (Å²) >= 11 is 0. The van der Waals surface area contributed by atoms with Crippen molar-refractivity contribution < 1.29 is 10.2 Å². The van der Waals surface area contributed by atoms with E-state index in [-0.39, 0.29) is 0 Å². The zero-order valence-electron chi connectivity index (χ0n) is 10.9. The highest BCUT2D eigenvalue weighted by Gasteiger charge is 2.12. The minimum Gasteiger partial charge on any atom is -0.389 e. The van der Waals surface area contributed by atoms with Crippen molar-refractivity contribution in [3.8, 4) is 0 Å². The molecule has 0 bridgehead atoms. The van der Waals surface area contributed by atoms with E-state index in [0.717, 1.165) is 6.42 Å². The number of nitrogens with one attached hydrogen (secondary N) is 1. The van der Waals surface area contributed by atoms with E-state index in [9.17, 15) is 10.2 Å². The van der Waals surface area contributed by atoms with Crippen LogP contribution in [0.25, 0.3) is 0 Å². The summed E-state index contributed by atoms with van der Waals surface area (Å²) in [4.78, 5) is 0. The van der Waals surface area contributed by atoms with Gasteiger partial charge in [0.25, 0.3) is 0 Å². The minimum absolute atomic E-state index is 0.620. The van der Waals surface area contributed by atoms with Crippen LogP contribution in [0.2, 0.25) is 0 Å². The van der Waals surface area contributed by atoms with Gasteiger partial charge in [0.05, 0.1) is 6.10 Å². The molecule has 2 unspecified atom stereocenters. The van der Waals surface area contributed by atoms with Crippen LogP contribution in [-0.4, -0.2) is 29.6 Å². The lowest BCUT2D eigenvalue weighted by molar-refractivity contribution is -0.00252. The van der Waals surface area contributed by atoms with Crippen molar-refractivity contribution >= 4 is 0 Å². The van der Waals surface area contributed by atoms with Crippen LogP contribution >= 0.6 is 0 Å². The molecule has 3 N–H and O–H groups in total. The summed E-state index contributed by atoms with van der Waals surface area (Å²) in [5, 5.41) is 21.4. The molecule has 0 spiro atoms. The predicted octanol–water partition coefficient (Wildman–Crippen LogP) is 2.42. The third kappa shape index (κ3) is 9.13. The maximum atomic E-state index is 9.48. The molecule has 0 aliphatic heterocycles. The third-order valence-corrected chi connectivity index (χ3v) is 3.01. The lowest BCUT2D eigenvalue weighted by Crippen LogP contribution is -2.37. The van der Waals surface area contributed by atoms with Crippen molar-refractivity contribution in [1.29, 1.82) is 0 Å². The van der Waals surface area contributed by atoms with Gasteiger partial charge in [0.2, 0.25) is 0 Å². The Morgan fingerprint density at radius 1 is 0.875 bits per heavy atom. The van der Waals surface area contributed by atoms with E-state index < -0.39 is 12.3 Å². The van der Waals surface area contributed by atoms with Gasteiger partial charge in [0, 0.05) is 0 Å². The zero-order chi connectivity index (χ0) is 12.2. The average Bonchev–Trinajstić information content (AvgIpc) is 2.31. The van der Waals surface area contributed by atoms with E-state index >= 15 is 0 Å². The van der Waals surface area contributed by atoms with Gasteiger partial charge in [-0.25, -0.2) is 0 Å². The molecule has 2 atom stereocenters. The second-order valence-electron chi connectivity index (χ2n) is 4.56. The maximum Gasteiger partial charge on any atom is 0.130 e. The lowest BCUT2D eigenvalue weighted by Gasteiger charge is -2.16. The van der Waals surface area contributed by atoms with Gasteiger partial charge in [0.1, 0.15) is 6.23 Å². The van der Waals surface area contributed by atoms with E-state index in [1.165, 1.54) is 44.9 Å². The average molecular weight is 231 g/mol. The second-order valence-corrected chi connectivity index (χ2v) is 4.56. The first-order chi connectivity index (χ1) is 7.72. The number of likely N-dealkylation sites (N-methyl/N-ethyl adjacent to an activating group) is 1. The summed E-state index contributed by atoms with van der Waals surface area (Å²) in [7, 11) is 1.65. The number of hydrogen-bond acceptors (Lipinski definition) is 3. The fourth-order valence-electron chi connectivity index (χ4n) is 1.84. The van der Waals surface area contributed by atoms with E-state index in [4.69, 9.17) is 0 Å². The number of aliphatic hydroxyl groups is 2. The van der Waals surface area contributed by atoms with Crippen LogP contribution in [0.4, 0.5) is 0 Å². The monoisotopic (exact) mass is 231 g/mol. The van der Waals surface area contributed by atoms with E-state index in [1.807, 2.05) is 0 Å². The van der Waals surface area contributed by atoms with Crippen molar-refractivity contribution in [1.82, 2.24) is 5.32 Å². The molecule has 0 aliphatic carbocycles. The van der Waals surface area contributed by atoms with Gasteiger partial charge in [-0.15, -0.1) is 0 Å². The molecule has 0 heterocycles. The first kappa shape index (κ1) is 15.9. The highest BCUT2D eigenvalue weighted by molar-refractivity contribution is 4.62. The van der Waals surface area contributed by atoms with Crippen LogP contribution in [0.5, 0.6) is 0 Å². The van der Waals surface area contributed by atoms with Gasteiger partial charge in [-0.1, -0.05) is 58.3 Å². The van der Waals surface area contributed by atoms with E-state index in [1.54, 1.807) is 7.05 Å². The Bertz CT molecular complexity index is 142. The van der Waals surface area contributed by atoms with Gasteiger partial charge in [-0.2, -0.15) is 0 Å². The molecule has 0 aliphatic rings. The zero-order valence-corrected chi connectivity index (χ0v) is 10.9. The normalized spacial score (nSPS) is 15.0. The largest absolute Gasteiger partial charge is 0.389 e. The quantitative estimate of drug-likeness (QED) is 0.378. The maximum absolute atomic E-state index is 9.48. The number of unbranched alkanes of at least 4 members (excludes halogenated alkanes) is 7.